The van der Waals surface area contributed by atoms with Crippen LogP contribution in [0.4, 0.5) is 11.4 Å². The fraction of sp³-hybridized carbons (Fsp3) is 0.200. The van der Waals surface area contributed by atoms with E-state index >= 15 is 0 Å². The fourth-order valence-corrected chi connectivity index (χ4v) is 5.60. The Labute approximate surface area is 219 Å². The molecule has 2 aromatic carbocycles. The van der Waals surface area contributed by atoms with Gasteiger partial charge >= 0.3 is 0 Å². The van der Waals surface area contributed by atoms with E-state index in [2.05, 4.69) is 63.0 Å². The lowest BCUT2D eigenvalue weighted by molar-refractivity contribution is 0.0346. The predicted octanol–water partition coefficient (Wildman–Crippen LogP) is 6.59. The molecule has 6 nitrogen and oxygen atoms in total. The van der Waals surface area contributed by atoms with Crippen molar-refractivity contribution < 1.29 is 9.15 Å². The van der Waals surface area contributed by atoms with Gasteiger partial charge < -0.3 is 14.5 Å². The Bertz CT molecular complexity index is 1550. The number of nitrogens with zero attached hydrogens (tertiary/aromatic N) is 3. The SMILES string of the molecule is N#Cc1cnc2cc(-c3csc(CN4CCOCC4)c3)ccc2c1Nc1ccc(Cc2ccoc2)cc1. The Morgan fingerprint density at radius 3 is 2.65 bits per heavy atom. The molecular weight excluding hydrogens is 480 g/mol. The topological polar surface area (TPSA) is 74.3 Å². The Morgan fingerprint density at radius 2 is 1.86 bits per heavy atom. The third-order valence-electron chi connectivity index (χ3n) is 6.67. The van der Waals surface area contributed by atoms with Crippen LogP contribution < -0.4 is 5.32 Å². The molecule has 0 amide bonds. The summed E-state index contributed by atoms with van der Waals surface area (Å²) in [7, 11) is 0. The molecule has 0 bridgehead atoms. The summed E-state index contributed by atoms with van der Waals surface area (Å²) in [5.41, 5.74) is 7.74. The van der Waals surface area contributed by atoms with E-state index in [4.69, 9.17) is 9.15 Å². The molecule has 7 heteroatoms. The molecule has 3 aromatic heterocycles. The Balaban J connectivity index is 1.24. The number of pyridine rings is 1. The van der Waals surface area contributed by atoms with E-state index in [1.165, 1.54) is 16.0 Å². The standard InChI is InChI=1S/C30H26N4O2S/c31-16-25-17-32-29-15-23(24-14-27(37-20-24)18-34-8-11-35-12-9-34)3-6-28(29)30(25)33-26-4-1-21(2-5-26)13-22-7-10-36-19-22/h1-7,10,14-15,17,19-20H,8-9,11-13,18H2,(H,32,33). The Kier molecular flexibility index (Phi) is 6.70. The van der Waals surface area contributed by atoms with Gasteiger partial charge in [-0.15, -0.1) is 11.3 Å². The molecule has 0 aliphatic carbocycles. The number of rotatable bonds is 7. The Morgan fingerprint density at radius 1 is 1.00 bits per heavy atom. The van der Waals surface area contributed by atoms with Crippen LogP contribution in [-0.2, 0) is 17.7 Å². The molecule has 4 heterocycles. The first-order valence-corrected chi connectivity index (χ1v) is 13.2. The van der Waals surface area contributed by atoms with Crippen LogP contribution in [0.25, 0.3) is 22.0 Å². The van der Waals surface area contributed by atoms with Crippen molar-refractivity contribution in [1.82, 2.24) is 9.88 Å². The van der Waals surface area contributed by atoms with Gasteiger partial charge in [-0.2, -0.15) is 5.26 Å². The number of nitrogens with one attached hydrogen (secondary N) is 1. The second-order valence-electron chi connectivity index (χ2n) is 9.21. The van der Waals surface area contributed by atoms with Crippen LogP contribution in [0.5, 0.6) is 0 Å². The molecule has 0 atom stereocenters. The van der Waals surface area contributed by atoms with Gasteiger partial charge in [-0.3, -0.25) is 9.88 Å². The molecule has 0 radical (unpaired) electrons. The minimum absolute atomic E-state index is 0.519. The monoisotopic (exact) mass is 506 g/mol. The van der Waals surface area contributed by atoms with Gasteiger partial charge in [0, 0.05) is 48.2 Å². The molecule has 1 aliphatic rings. The third-order valence-corrected chi connectivity index (χ3v) is 7.59. The molecule has 0 spiro atoms. The number of benzene rings is 2. The predicted molar refractivity (Wildman–Crippen MR) is 147 cm³/mol. The van der Waals surface area contributed by atoms with Crippen molar-refractivity contribution in [2.45, 2.75) is 13.0 Å². The maximum atomic E-state index is 9.76. The summed E-state index contributed by atoms with van der Waals surface area (Å²) in [5, 5.41) is 16.4. The first kappa shape index (κ1) is 23.4. The molecule has 1 saturated heterocycles. The number of anilines is 2. The molecule has 0 saturated carbocycles. The van der Waals surface area contributed by atoms with E-state index in [1.807, 2.05) is 18.2 Å². The number of hydrogen-bond acceptors (Lipinski definition) is 7. The summed E-state index contributed by atoms with van der Waals surface area (Å²) < 4.78 is 10.6. The molecule has 184 valence electrons. The average Bonchev–Trinajstić information content (AvgIpc) is 3.63. The normalized spacial score (nSPS) is 14.0. The summed E-state index contributed by atoms with van der Waals surface area (Å²) in [4.78, 5) is 8.39. The van der Waals surface area contributed by atoms with Crippen LogP contribution in [0.1, 0.15) is 21.6 Å². The van der Waals surface area contributed by atoms with Crippen molar-refractivity contribution in [2.24, 2.45) is 0 Å². The number of morpholine rings is 1. The van der Waals surface area contributed by atoms with Gasteiger partial charge in [0.25, 0.3) is 0 Å². The number of ether oxygens (including phenoxy) is 1. The van der Waals surface area contributed by atoms with Crippen molar-refractivity contribution in [2.75, 3.05) is 31.6 Å². The summed E-state index contributed by atoms with van der Waals surface area (Å²) in [5.74, 6) is 0. The largest absolute Gasteiger partial charge is 0.472 e. The van der Waals surface area contributed by atoms with Gasteiger partial charge in [0.1, 0.15) is 6.07 Å². The zero-order chi connectivity index (χ0) is 25.0. The van der Waals surface area contributed by atoms with Crippen LogP contribution in [0.3, 0.4) is 0 Å². The minimum Gasteiger partial charge on any atom is -0.472 e. The maximum Gasteiger partial charge on any atom is 0.103 e. The highest BCUT2D eigenvalue weighted by atomic mass is 32.1. The number of thiophene rings is 1. The summed E-state index contributed by atoms with van der Waals surface area (Å²) >= 11 is 1.79. The number of nitriles is 1. The number of fused-ring (bicyclic) bond motifs is 1. The lowest BCUT2D eigenvalue weighted by atomic mass is 10.0. The van der Waals surface area contributed by atoms with Crippen LogP contribution >= 0.6 is 11.3 Å². The molecule has 1 fully saturated rings. The summed E-state index contributed by atoms with van der Waals surface area (Å²) in [6, 6.07) is 21.1. The average molecular weight is 507 g/mol. The highest BCUT2D eigenvalue weighted by molar-refractivity contribution is 7.10. The van der Waals surface area contributed by atoms with E-state index in [-0.39, 0.29) is 0 Å². The molecule has 5 aromatic rings. The van der Waals surface area contributed by atoms with Crippen LogP contribution in [-0.4, -0.2) is 36.2 Å². The van der Waals surface area contributed by atoms with Crippen molar-refractivity contribution in [1.29, 1.82) is 5.26 Å². The van der Waals surface area contributed by atoms with E-state index in [1.54, 1.807) is 30.1 Å². The van der Waals surface area contributed by atoms with E-state index in [0.29, 0.717) is 5.56 Å². The van der Waals surface area contributed by atoms with Gasteiger partial charge in [-0.1, -0.05) is 24.3 Å². The van der Waals surface area contributed by atoms with Gasteiger partial charge in [0.05, 0.1) is 42.5 Å². The van der Waals surface area contributed by atoms with E-state index < -0.39 is 0 Å². The molecule has 37 heavy (non-hydrogen) atoms. The Hall–Kier alpha value is -3.96. The van der Waals surface area contributed by atoms with Gasteiger partial charge in [0.15, 0.2) is 0 Å². The summed E-state index contributed by atoms with van der Waals surface area (Å²) in [6.45, 7) is 4.55. The summed E-state index contributed by atoms with van der Waals surface area (Å²) in [6.07, 6.45) is 5.93. The molecule has 1 N–H and O–H groups in total. The zero-order valence-electron chi connectivity index (χ0n) is 20.3. The molecule has 1 aliphatic heterocycles. The maximum absolute atomic E-state index is 9.76. The van der Waals surface area contributed by atoms with Crippen molar-refractivity contribution >= 4 is 33.6 Å². The van der Waals surface area contributed by atoms with Crippen LogP contribution in [0.15, 0.2) is 83.1 Å². The number of hydrogen-bond donors (Lipinski definition) is 1. The van der Waals surface area contributed by atoms with E-state index in [9.17, 15) is 5.26 Å². The van der Waals surface area contributed by atoms with Crippen molar-refractivity contribution in [3.8, 4) is 17.2 Å². The third kappa shape index (κ3) is 5.27. The quantitative estimate of drug-likeness (QED) is 0.268. The van der Waals surface area contributed by atoms with Crippen LogP contribution in [0, 0.1) is 11.3 Å². The molecule has 6 rings (SSSR count). The van der Waals surface area contributed by atoms with Gasteiger partial charge in [-0.05, 0) is 58.0 Å². The number of aromatic nitrogens is 1. The highest BCUT2D eigenvalue weighted by Gasteiger charge is 2.14. The lowest BCUT2D eigenvalue weighted by Gasteiger charge is -2.25. The van der Waals surface area contributed by atoms with E-state index in [0.717, 1.165) is 72.7 Å². The highest BCUT2D eigenvalue weighted by Crippen LogP contribution is 2.33. The van der Waals surface area contributed by atoms with Gasteiger partial charge in [-0.25, -0.2) is 0 Å². The molecular formula is C30H26N4O2S. The fourth-order valence-electron chi connectivity index (χ4n) is 4.67. The van der Waals surface area contributed by atoms with Crippen LogP contribution in [0.2, 0.25) is 0 Å². The second kappa shape index (κ2) is 10.6. The first-order chi connectivity index (χ1) is 18.2. The molecule has 0 unspecified atom stereocenters. The van der Waals surface area contributed by atoms with Crippen molar-refractivity contribution in [3.63, 3.8) is 0 Å². The van der Waals surface area contributed by atoms with Crippen molar-refractivity contribution in [3.05, 3.63) is 100 Å². The minimum atomic E-state index is 0.519. The lowest BCUT2D eigenvalue weighted by Crippen LogP contribution is -2.35. The zero-order valence-corrected chi connectivity index (χ0v) is 21.1. The number of furan rings is 1. The van der Waals surface area contributed by atoms with Gasteiger partial charge in [0.2, 0.25) is 0 Å². The smallest absolute Gasteiger partial charge is 0.103 e. The second-order valence-corrected chi connectivity index (χ2v) is 10.2. The first-order valence-electron chi connectivity index (χ1n) is 12.3.